The number of aryl methyl sites for hydroxylation is 2. The summed E-state index contributed by atoms with van der Waals surface area (Å²) < 4.78 is 22.4. The van der Waals surface area contributed by atoms with Gasteiger partial charge in [0.15, 0.2) is 0 Å². The summed E-state index contributed by atoms with van der Waals surface area (Å²) >= 11 is 0. The van der Waals surface area contributed by atoms with Crippen molar-refractivity contribution < 1.29 is 13.2 Å². The van der Waals surface area contributed by atoms with E-state index >= 15 is 0 Å². The first-order valence-corrected chi connectivity index (χ1v) is 8.99. The molecule has 0 heterocycles. The van der Waals surface area contributed by atoms with E-state index in [-0.39, 0.29) is 10.8 Å². The molecule has 2 aromatic rings. The Labute approximate surface area is 142 Å². The van der Waals surface area contributed by atoms with E-state index in [0.29, 0.717) is 5.69 Å². The molecule has 7 heteroatoms. The number of hydrogen-bond donors (Lipinski definition) is 3. The highest BCUT2D eigenvalue weighted by atomic mass is 32.2. The molecular weight excluding hydrogens is 326 g/mol. The lowest BCUT2D eigenvalue weighted by Crippen LogP contribution is -2.31. The van der Waals surface area contributed by atoms with Crippen LogP contribution in [0.4, 0.5) is 11.4 Å². The predicted molar refractivity (Wildman–Crippen MR) is 95.4 cm³/mol. The maximum Gasteiger partial charge on any atom is 0.246 e. The molecule has 0 fully saturated rings. The lowest BCUT2D eigenvalue weighted by atomic mass is 10.1. The Hall–Kier alpha value is -2.38. The van der Waals surface area contributed by atoms with Crippen LogP contribution in [0.15, 0.2) is 47.4 Å². The van der Waals surface area contributed by atoms with Crippen LogP contribution in [0.1, 0.15) is 18.1 Å². The van der Waals surface area contributed by atoms with Gasteiger partial charge in [-0.3, -0.25) is 4.79 Å². The number of sulfonamides is 1. The van der Waals surface area contributed by atoms with Crippen molar-refractivity contribution in [1.29, 1.82) is 0 Å². The molecule has 0 unspecified atom stereocenters. The minimum absolute atomic E-state index is 0.00167. The van der Waals surface area contributed by atoms with Gasteiger partial charge < -0.3 is 10.6 Å². The number of nitrogens with one attached hydrogen (secondary N) is 2. The van der Waals surface area contributed by atoms with E-state index in [4.69, 9.17) is 5.14 Å². The van der Waals surface area contributed by atoms with Gasteiger partial charge in [0.05, 0.1) is 4.90 Å². The maximum atomic E-state index is 12.2. The summed E-state index contributed by atoms with van der Waals surface area (Å²) in [6, 6.07) is 11.2. The second-order valence-corrected chi connectivity index (χ2v) is 7.29. The molecule has 1 atom stereocenters. The number of benzene rings is 2. The Kier molecular flexibility index (Phi) is 5.26. The Morgan fingerprint density at radius 2 is 1.58 bits per heavy atom. The summed E-state index contributed by atoms with van der Waals surface area (Å²) in [6.45, 7) is 5.79. The second-order valence-electron chi connectivity index (χ2n) is 5.72. The minimum atomic E-state index is -3.74. The molecule has 2 aromatic carbocycles. The summed E-state index contributed by atoms with van der Waals surface area (Å²) in [4.78, 5) is 12.2. The topological polar surface area (TPSA) is 101 Å². The molecule has 4 N–H and O–H groups in total. The zero-order valence-corrected chi connectivity index (χ0v) is 14.6. The van der Waals surface area contributed by atoms with E-state index < -0.39 is 16.1 Å². The Morgan fingerprint density at radius 3 is 2.12 bits per heavy atom. The monoisotopic (exact) mass is 347 g/mol. The van der Waals surface area contributed by atoms with Crippen molar-refractivity contribution in [2.24, 2.45) is 5.14 Å². The molecule has 0 saturated heterocycles. The van der Waals surface area contributed by atoms with Gasteiger partial charge in [-0.1, -0.05) is 6.07 Å². The molecule has 0 bridgehead atoms. The summed E-state index contributed by atoms with van der Waals surface area (Å²) in [7, 11) is -3.74. The van der Waals surface area contributed by atoms with Gasteiger partial charge in [0, 0.05) is 11.4 Å². The molecular formula is C17H21N3O3S. The summed E-state index contributed by atoms with van der Waals surface area (Å²) in [5.41, 5.74) is 3.70. The number of carbonyl (C=O) groups is 1. The fraction of sp³-hybridized carbons (Fsp3) is 0.235. The van der Waals surface area contributed by atoms with Crippen LogP contribution in [0.25, 0.3) is 0 Å². The summed E-state index contributed by atoms with van der Waals surface area (Å²) in [6.07, 6.45) is 0. The van der Waals surface area contributed by atoms with E-state index in [1.807, 2.05) is 32.0 Å². The van der Waals surface area contributed by atoms with Crippen LogP contribution in [-0.2, 0) is 14.8 Å². The summed E-state index contributed by atoms with van der Waals surface area (Å²) in [5, 5.41) is 10.9. The number of primary sulfonamides is 1. The molecule has 0 spiro atoms. The first-order chi connectivity index (χ1) is 11.2. The minimum Gasteiger partial charge on any atom is -0.374 e. The van der Waals surface area contributed by atoms with Crippen molar-refractivity contribution in [1.82, 2.24) is 0 Å². The van der Waals surface area contributed by atoms with Gasteiger partial charge in [-0.2, -0.15) is 0 Å². The Morgan fingerprint density at radius 1 is 1.00 bits per heavy atom. The van der Waals surface area contributed by atoms with E-state index in [2.05, 4.69) is 10.6 Å². The average Bonchev–Trinajstić information content (AvgIpc) is 2.50. The second kappa shape index (κ2) is 7.02. The van der Waals surface area contributed by atoms with E-state index in [1.54, 1.807) is 6.92 Å². The van der Waals surface area contributed by atoms with Crippen LogP contribution >= 0.6 is 0 Å². The molecule has 0 aliphatic carbocycles. The third-order valence-electron chi connectivity index (χ3n) is 3.73. The normalized spacial score (nSPS) is 12.5. The maximum absolute atomic E-state index is 12.2. The van der Waals surface area contributed by atoms with Crippen molar-refractivity contribution in [2.75, 3.05) is 10.6 Å². The number of anilines is 2. The third kappa shape index (κ3) is 4.56. The molecule has 0 saturated carbocycles. The number of hydrogen-bond acceptors (Lipinski definition) is 4. The highest BCUT2D eigenvalue weighted by Gasteiger charge is 2.14. The fourth-order valence-electron chi connectivity index (χ4n) is 2.13. The van der Waals surface area contributed by atoms with Gasteiger partial charge in [-0.05, 0) is 68.3 Å². The van der Waals surface area contributed by atoms with Crippen molar-refractivity contribution >= 4 is 27.3 Å². The molecule has 0 aliphatic rings. The number of amides is 1. The van der Waals surface area contributed by atoms with Gasteiger partial charge in [-0.15, -0.1) is 0 Å². The van der Waals surface area contributed by atoms with Crippen molar-refractivity contribution in [3.05, 3.63) is 53.6 Å². The van der Waals surface area contributed by atoms with Gasteiger partial charge in [-0.25, -0.2) is 13.6 Å². The Balaban J connectivity index is 2.02. The van der Waals surface area contributed by atoms with Gasteiger partial charge in [0.1, 0.15) is 6.04 Å². The van der Waals surface area contributed by atoms with Gasteiger partial charge >= 0.3 is 0 Å². The third-order valence-corrected chi connectivity index (χ3v) is 4.66. The molecule has 1 amide bonds. The highest BCUT2D eigenvalue weighted by molar-refractivity contribution is 7.89. The summed E-state index contributed by atoms with van der Waals surface area (Å²) in [5.74, 6) is -0.225. The standard InChI is InChI=1S/C17H21N3O3S/c1-11-4-5-15(10-12(11)2)19-13(3)17(21)20-14-6-8-16(9-7-14)24(18,22)23/h4-10,13,19H,1-3H3,(H,20,21)(H2,18,22,23)/t13-/m1/s1. The zero-order chi connectivity index (χ0) is 17.9. The van der Waals surface area contributed by atoms with Crippen LogP contribution in [0.3, 0.4) is 0 Å². The van der Waals surface area contributed by atoms with E-state index in [9.17, 15) is 13.2 Å². The van der Waals surface area contributed by atoms with Crippen molar-refractivity contribution in [3.8, 4) is 0 Å². The van der Waals surface area contributed by atoms with E-state index in [1.165, 1.54) is 29.8 Å². The highest BCUT2D eigenvalue weighted by Crippen LogP contribution is 2.16. The van der Waals surface area contributed by atoms with Gasteiger partial charge in [0.25, 0.3) is 0 Å². The van der Waals surface area contributed by atoms with E-state index in [0.717, 1.165) is 11.3 Å². The first-order valence-electron chi connectivity index (χ1n) is 7.44. The van der Waals surface area contributed by atoms with Crippen molar-refractivity contribution in [3.63, 3.8) is 0 Å². The predicted octanol–water partition coefficient (Wildman–Crippen LogP) is 2.39. The molecule has 0 radical (unpaired) electrons. The molecule has 2 rings (SSSR count). The fourth-order valence-corrected chi connectivity index (χ4v) is 2.64. The van der Waals surface area contributed by atoms with Crippen LogP contribution in [-0.4, -0.2) is 20.4 Å². The SMILES string of the molecule is Cc1ccc(N[C@H](C)C(=O)Nc2ccc(S(N)(=O)=O)cc2)cc1C. The van der Waals surface area contributed by atoms with Gasteiger partial charge in [0.2, 0.25) is 15.9 Å². The molecule has 128 valence electrons. The van der Waals surface area contributed by atoms with Crippen molar-refractivity contribution in [2.45, 2.75) is 31.7 Å². The lowest BCUT2D eigenvalue weighted by Gasteiger charge is -2.16. The zero-order valence-electron chi connectivity index (χ0n) is 13.8. The number of rotatable bonds is 5. The molecule has 0 aliphatic heterocycles. The lowest BCUT2D eigenvalue weighted by molar-refractivity contribution is -0.116. The quantitative estimate of drug-likeness (QED) is 0.773. The number of nitrogens with two attached hydrogens (primary N) is 1. The largest absolute Gasteiger partial charge is 0.374 e. The first kappa shape index (κ1) is 18.0. The van der Waals surface area contributed by atoms with Crippen LogP contribution in [0, 0.1) is 13.8 Å². The van der Waals surface area contributed by atoms with Crippen LogP contribution < -0.4 is 15.8 Å². The molecule has 6 nitrogen and oxygen atoms in total. The smallest absolute Gasteiger partial charge is 0.246 e. The number of carbonyl (C=O) groups excluding carboxylic acids is 1. The van der Waals surface area contributed by atoms with Crippen LogP contribution in [0.5, 0.6) is 0 Å². The average molecular weight is 347 g/mol. The van der Waals surface area contributed by atoms with Crippen LogP contribution in [0.2, 0.25) is 0 Å². The molecule has 0 aromatic heterocycles. The molecule has 24 heavy (non-hydrogen) atoms. The Bertz CT molecular complexity index is 846.